The number of benzene rings is 1. The fourth-order valence-corrected chi connectivity index (χ4v) is 9.41. The number of rotatable bonds is 36. The summed E-state index contributed by atoms with van der Waals surface area (Å²) in [5, 5.41) is 57.9. The number of hydrogen-bond donors (Lipinski definition) is 3. The fourth-order valence-electron chi connectivity index (χ4n) is 9.41. The summed E-state index contributed by atoms with van der Waals surface area (Å²) in [5.41, 5.74) is -1.59. The van der Waals surface area contributed by atoms with Crippen molar-refractivity contribution < 1.29 is 43.4 Å². The highest BCUT2D eigenvalue weighted by Gasteiger charge is 2.32. The highest BCUT2D eigenvalue weighted by molar-refractivity contribution is 6.02. The van der Waals surface area contributed by atoms with E-state index in [1.54, 1.807) is 0 Å². The van der Waals surface area contributed by atoms with Crippen molar-refractivity contribution in [1.82, 2.24) is 15.0 Å². The molecular formula is C60H93N9O6. The van der Waals surface area contributed by atoms with Gasteiger partial charge in [0.15, 0.2) is 0 Å². The van der Waals surface area contributed by atoms with Crippen LogP contribution < -0.4 is 29.0 Å². The summed E-state index contributed by atoms with van der Waals surface area (Å²) < 4.78 is 6.71. The van der Waals surface area contributed by atoms with Crippen molar-refractivity contribution in [2.45, 2.75) is 251 Å². The van der Waals surface area contributed by atoms with Crippen LogP contribution in [0.25, 0.3) is 0 Å². The number of carbonyl (C=O) groups is 3. The van der Waals surface area contributed by atoms with Crippen LogP contribution in [0.4, 0.5) is 0 Å². The zero-order valence-corrected chi connectivity index (χ0v) is 46.8. The van der Waals surface area contributed by atoms with E-state index in [9.17, 15) is 29.7 Å². The van der Waals surface area contributed by atoms with Crippen LogP contribution in [0.5, 0.6) is 0 Å². The summed E-state index contributed by atoms with van der Waals surface area (Å²) in [4.78, 5) is 40.6. The number of hydrogen-bond acceptors (Lipinski definition) is 9. The molecule has 0 saturated heterocycles. The largest absolute Gasteiger partial charge is 0.545 e. The summed E-state index contributed by atoms with van der Waals surface area (Å²) in [7, 11) is 0. The van der Waals surface area contributed by atoms with Gasteiger partial charge < -0.3 is 29.7 Å². The Kier molecular flexibility index (Phi) is 35.7. The van der Waals surface area contributed by atoms with E-state index >= 15 is 0 Å². The van der Waals surface area contributed by atoms with E-state index in [0.717, 1.165) is 50.7 Å². The van der Waals surface area contributed by atoms with Crippen LogP contribution in [0.3, 0.4) is 0 Å². The molecule has 0 saturated carbocycles. The van der Waals surface area contributed by atoms with Gasteiger partial charge in [-0.1, -0.05) is 148 Å². The maximum absolute atomic E-state index is 10.5. The molecule has 3 atom stereocenters. The fraction of sp³-hybridized carbons (Fsp3) is 0.650. The van der Waals surface area contributed by atoms with Crippen molar-refractivity contribution in [2.75, 3.05) is 0 Å². The Hall–Kier alpha value is -6.27. The highest BCUT2D eigenvalue weighted by Crippen LogP contribution is 2.26. The molecule has 3 N–H and O–H groups in total. The van der Waals surface area contributed by atoms with Gasteiger partial charge in [0.1, 0.15) is 53.8 Å². The number of carboxylic acids is 3. The van der Waals surface area contributed by atoms with Gasteiger partial charge in [-0.15, -0.1) is 0 Å². The van der Waals surface area contributed by atoms with Gasteiger partial charge in [0, 0.05) is 49.7 Å². The lowest BCUT2D eigenvalue weighted by Gasteiger charge is -2.25. The van der Waals surface area contributed by atoms with E-state index in [1.165, 1.54) is 135 Å². The van der Waals surface area contributed by atoms with Crippen LogP contribution in [0, 0.1) is 34.0 Å². The Bertz CT molecular complexity index is 2040. The van der Waals surface area contributed by atoms with Crippen LogP contribution in [-0.2, 0) is 16.6 Å². The Morgan fingerprint density at radius 3 is 0.973 bits per heavy atom. The quantitative estimate of drug-likeness (QED) is 0.0289. The van der Waals surface area contributed by atoms with Gasteiger partial charge >= 0.3 is 0 Å². The van der Waals surface area contributed by atoms with Gasteiger partial charge in [0.2, 0.25) is 19.0 Å². The second-order valence-electron chi connectivity index (χ2n) is 20.8. The molecule has 3 aromatic heterocycles. The minimum Gasteiger partial charge on any atom is -0.545 e. The molecule has 0 aliphatic heterocycles. The lowest BCUT2D eigenvalue weighted by atomic mass is 9.89. The third-order valence-corrected chi connectivity index (χ3v) is 14.5. The topological polar surface area (TPSA) is 251 Å². The molecule has 4 rings (SSSR count). The number of aromatic carboxylic acids is 3. The Morgan fingerprint density at radius 2 is 0.733 bits per heavy atom. The van der Waals surface area contributed by atoms with Gasteiger partial charge in [-0.05, 0) is 70.9 Å². The second kappa shape index (κ2) is 40.1. The molecule has 0 radical (unpaired) electrons. The van der Waals surface area contributed by atoms with Gasteiger partial charge in [0.25, 0.3) is 0 Å². The monoisotopic (exact) mass is 1040 g/mol. The van der Waals surface area contributed by atoms with Gasteiger partial charge in [-0.25, -0.2) is 13.7 Å². The number of carboxylic acid groups (broad SMARTS) is 3. The molecule has 3 heterocycles. The molecule has 1 aromatic carbocycles. The lowest BCUT2D eigenvalue weighted by molar-refractivity contribution is -0.762. The van der Waals surface area contributed by atoms with Gasteiger partial charge in [-0.2, -0.15) is 15.8 Å². The van der Waals surface area contributed by atoms with Crippen molar-refractivity contribution in [2.24, 2.45) is 0 Å². The summed E-state index contributed by atoms with van der Waals surface area (Å²) in [5.74, 6) is -5.13. The van der Waals surface area contributed by atoms with Crippen molar-refractivity contribution >= 4 is 17.9 Å². The van der Waals surface area contributed by atoms with Crippen LogP contribution >= 0.6 is 0 Å². The van der Waals surface area contributed by atoms with E-state index in [1.807, 2.05) is 37.6 Å². The Morgan fingerprint density at radius 1 is 0.440 bits per heavy atom. The molecule has 0 aliphatic rings. The van der Waals surface area contributed by atoms with E-state index in [4.69, 9.17) is 15.8 Å². The van der Waals surface area contributed by atoms with Gasteiger partial charge in [0.05, 0.1) is 36.1 Å². The summed E-state index contributed by atoms with van der Waals surface area (Å²) in [6.45, 7) is 13.6. The van der Waals surface area contributed by atoms with E-state index in [2.05, 4.69) is 107 Å². The number of unbranched alkanes of at least 4 members (excludes halogenated alkanes) is 18. The lowest BCUT2D eigenvalue weighted by Crippen LogP contribution is -2.52. The van der Waals surface area contributed by atoms with E-state index in [-0.39, 0.29) is 16.6 Å². The molecule has 0 spiro atoms. The predicted octanol–water partition coefficient (Wildman–Crippen LogP) is 10.2. The number of nitrogens with one attached hydrogen (secondary N) is 3. The number of nitrogens with zero attached hydrogens (tertiary/aromatic N) is 6. The number of imidazole rings is 3. The first-order valence-corrected chi connectivity index (χ1v) is 28.1. The van der Waals surface area contributed by atoms with Crippen LogP contribution in [0.15, 0.2) is 74.4 Å². The third kappa shape index (κ3) is 27.7. The maximum atomic E-state index is 10.5. The number of H-pyrrole nitrogens is 3. The van der Waals surface area contributed by atoms with Crippen molar-refractivity contribution in [3.05, 3.63) is 91.1 Å². The number of aromatic nitrogens is 6. The molecule has 75 heavy (non-hydrogen) atoms. The average molecular weight is 1040 g/mol. The third-order valence-electron chi connectivity index (χ3n) is 14.5. The molecule has 15 heteroatoms. The van der Waals surface area contributed by atoms with Crippen molar-refractivity contribution in [3.63, 3.8) is 0 Å². The van der Waals surface area contributed by atoms with Crippen LogP contribution in [0.1, 0.15) is 265 Å². The van der Waals surface area contributed by atoms with Crippen molar-refractivity contribution in [3.8, 4) is 18.2 Å². The Balaban J connectivity index is 0.000000503. The maximum Gasteiger partial charge on any atom is 0.241 e. The molecular weight excluding hydrogens is 943 g/mol. The first-order chi connectivity index (χ1) is 36.1. The summed E-state index contributed by atoms with van der Waals surface area (Å²) in [6, 6.07) is 9.23. The van der Waals surface area contributed by atoms with Crippen LogP contribution in [0.2, 0.25) is 0 Å². The standard InChI is InChI=1S/3C17H29N3.C9H6O6/c3*1-3-4-5-6-7-8-9-11-17(2,12-10-13-18)20-15-14-19-16-20;10-7(11)4-1-2-5(8(12)13)6(3-4)9(14)15/h3*14-16H,3-12H2,1-2H3;1-3H,(H,10,11)(H,12,13)(H,14,15). The smallest absolute Gasteiger partial charge is 0.241 e. The number of carbonyl (C=O) groups excluding carboxylic acids is 3. The SMILES string of the molecule is CCCCCCCCCC(C)(CCC#N)[n+]1cc[nH]c1.CCCCCCCCCC(C)(CCC#N)[n+]1cc[nH]c1.CCCCCCCCCC(C)(CCC#N)[n+]1cc[nH]c1.O=C([O-])c1ccc(C(=O)[O-])c(C(=O)[O-])c1. The van der Waals surface area contributed by atoms with Gasteiger partial charge in [-0.3, -0.25) is 15.0 Å². The molecule has 0 fully saturated rings. The molecule has 15 nitrogen and oxygen atoms in total. The number of aromatic amines is 3. The minimum atomic E-state index is -1.79. The zero-order valence-electron chi connectivity index (χ0n) is 46.8. The first kappa shape index (κ1) is 66.7. The van der Waals surface area contributed by atoms with Crippen molar-refractivity contribution in [1.29, 1.82) is 15.8 Å². The average Bonchev–Trinajstić information content (AvgIpc) is 4.26. The van der Waals surface area contributed by atoms with Crippen LogP contribution in [-0.4, -0.2) is 32.9 Å². The molecule has 0 amide bonds. The highest BCUT2D eigenvalue weighted by atomic mass is 16.4. The Labute approximate surface area is 450 Å². The minimum absolute atomic E-state index is 0.0825. The summed E-state index contributed by atoms with van der Waals surface area (Å²) >= 11 is 0. The molecule has 0 aliphatic carbocycles. The molecule has 3 unspecified atom stereocenters. The first-order valence-electron chi connectivity index (χ1n) is 28.1. The molecule has 0 bridgehead atoms. The predicted molar refractivity (Wildman–Crippen MR) is 286 cm³/mol. The number of nitriles is 3. The van der Waals surface area contributed by atoms with E-state index < -0.39 is 34.6 Å². The van der Waals surface area contributed by atoms with E-state index in [0.29, 0.717) is 25.3 Å². The second-order valence-corrected chi connectivity index (χ2v) is 20.8. The molecule has 414 valence electrons. The molecule has 4 aromatic rings. The zero-order chi connectivity index (χ0) is 55.6. The summed E-state index contributed by atoms with van der Waals surface area (Å²) in [6.07, 6.45) is 54.4. The normalized spacial score (nSPS) is 13.0.